The Bertz CT molecular complexity index is 1410. The molecule has 1 atom stereocenters. The molecule has 10 nitrogen and oxygen atoms in total. The van der Waals surface area contributed by atoms with Crippen LogP contribution in [0.25, 0.3) is 5.69 Å². The lowest BCUT2D eigenvalue weighted by molar-refractivity contribution is -0.120. The zero-order chi connectivity index (χ0) is 26.1. The Morgan fingerprint density at radius 2 is 1.64 bits per heavy atom. The number of imide groups is 1. The van der Waals surface area contributed by atoms with Gasteiger partial charge < -0.3 is 18.8 Å². The van der Waals surface area contributed by atoms with Crippen molar-refractivity contribution < 1.29 is 38.2 Å². The third-order valence-corrected chi connectivity index (χ3v) is 5.81. The molecule has 0 saturated carbocycles. The van der Waals surface area contributed by atoms with E-state index in [0.717, 1.165) is 14.2 Å². The minimum Gasteiger partial charge on any atom is -0.465 e. The molecule has 36 heavy (non-hydrogen) atoms. The second-order valence-electron chi connectivity index (χ2n) is 7.71. The van der Waals surface area contributed by atoms with Crippen molar-refractivity contribution in [3.63, 3.8) is 0 Å². The normalized spacial score (nSPS) is 15.0. The van der Waals surface area contributed by atoms with Gasteiger partial charge in [0.2, 0.25) is 11.9 Å². The Hall–Kier alpha value is -4.44. The maximum Gasteiger partial charge on any atom is 0.422 e. The number of ether oxygens (including phenoxy) is 3. The Balaban J connectivity index is 1.88. The van der Waals surface area contributed by atoms with Crippen molar-refractivity contribution >= 4 is 47.0 Å². The van der Waals surface area contributed by atoms with Crippen molar-refractivity contribution in [2.45, 2.75) is 13.0 Å². The molecule has 1 aliphatic rings. The first-order valence-electron chi connectivity index (χ1n) is 10.5. The van der Waals surface area contributed by atoms with Gasteiger partial charge in [-0.05, 0) is 36.8 Å². The van der Waals surface area contributed by atoms with Crippen LogP contribution in [0.2, 0.25) is 5.02 Å². The number of cyclic esters (lactones) is 1. The lowest BCUT2D eigenvalue weighted by Crippen LogP contribution is -2.36. The van der Waals surface area contributed by atoms with Crippen molar-refractivity contribution in [2.24, 2.45) is 0 Å². The number of benzene rings is 2. The van der Waals surface area contributed by atoms with E-state index in [1.54, 1.807) is 43.3 Å². The summed E-state index contributed by atoms with van der Waals surface area (Å²) >= 11 is 6.19. The number of nitrogens with zero attached hydrogens (tertiary/aromatic N) is 2. The molecular weight excluding hydrogens is 492 g/mol. The number of aryl methyl sites for hydroxylation is 1. The van der Waals surface area contributed by atoms with Crippen LogP contribution < -0.4 is 4.90 Å². The summed E-state index contributed by atoms with van der Waals surface area (Å²) in [5.41, 5.74) is 0.0385. The quantitative estimate of drug-likeness (QED) is 0.213. The number of hydrogen-bond acceptors (Lipinski definition) is 8. The molecule has 0 radical (unpaired) electrons. The van der Waals surface area contributed by atoms with Gasteiger partial charge in [0.15, 0.2) is 0 Å². The Morgan fingerprint density at radius 3 is 2.28 bits per heavy atom. The smallest absolute Gasteiger partial charge is 0.422 e. The van der Waals surface area contributed by atoms with Crippen molar-refractivity contribution in [1.29, 1.82) is 0 Å². The molecule has 1 aromatic heterocycles. The number of anilines is 1. The summed E-state index contributed by atoms with van der Waals surface area (Å²) in [4.78, 5) is 65.6. The SMILES string of the molecule is COC(=O)c1cn(-c2ccccc2)c(C(=O)C2OC(=O)N(c3cc(C)ccc3Cl)C2=O)c1C(=O)OC. The van der Waals surface area contributed by atoms with Crippen LogP contribution >= 0.6 is 11.6 Å². The molecule has 4 rings (SSSR count). The van der Waals surface area contributed by atoms with Gasteiger partial charge in [-0.25, -0.2) is 19.3 Å². The molecule has 1 saturated heterocycles. The van der Waals surface area contributed by atoms with E-state index < -0.39 is 47.1 Å². The van der Waals surface area contributed by atoms with Crippen LogP contribution in [0.4, 0.5) is 10.5 Å². The molecule has 2 amide bonds. The fourth-order valence-electron chi connectivity index (χ4n) is 3.83. The summed E-state index contributed by atoms with van der Waals surface area (Å²) in [6.45, 7) is 1.73. The molecule has 0 spiro atoms. The number of aromatic nitrogens is 1. The molecule has 0 N–H and O–H groups in total. The van der Waals surface area contributed by atoms with Crippen LogP contribution in [-0.4, -0.2) is 54.6 Å². The fraction of sp³-hybridized carbons (Fsp3) is 0.160. The number of hydrogen-bond donors (Lipinski definition) is 0. The van der Waals surface area contributed by atoms with Gasteiger partial charge >= 0.3 is 18.0 Å². The minimum atomic E-state index is -1.94. The highest BCUT2D eigenvalue weighted by atomic mass is 35.5. The first-order chi connectivity index (χ1) is 17.2. The summed E-state index contributed by atoms with van der Waals surface area (Å²) < 4.78 is 16.0. The third kappa shape index (κ3) is 4.11. The molecule has 184 valence electrons. The predicted octanol–water partition coefficient (Wildman–Crippen LogP) is 3.75. The molecule has 1 aliphatic heterocycles. The summed E-state index contributed by atoms with van der Waals surface area (Å²) in [7, 11) is 2.18. The maximum absolute atomic E-state index is 13.8. The first-order valence-corrected chi connectivity index (χ1v) is 10.9. The van der Waals surface area contributed by atoms with Crippen LogP contribution in [0.5, 0.6) is 0 Å². The minimum absolute atomic E-state index is 0.0452. The van der Waals surface area contributed by atoms with Crippen molar-refractivity contribution in [2.75, 3.05) is 19.1 Å². The van der Waals surface area contributed by atoms with E-state index in [9.17, 15) is 24.0 Å². The van der Waals surface area contributed by atoms with Gasteiger partial charge in [0.1, 0.15) is 11.3 Å². The highest BCUT2D eigenvalue weighted by Gasteiger charge is 2.49. The van der Waals surface area contributed by atoms with Gasteiger partial charge in [-0.1, -0.05) is 35.9 Å². The average Bonchev–Trinajstić information content (AvgIpc) is 3.42. The molecule has 11 heteroatoms. The summed E-state index contributed by atoms with van der Waals surface area (Å²) in [6.07, 6.45) is -1.84. The van der Waals surface area contributed by atoms with Crippen LogP contribution in [0.15, 0.2) is 54.7 Å². The van der Waals surface area contributed by atoms with E-state index in [2.05, 4.69) is 0 Å². The number of para-hydroxylation sites is 1. The zero-order valence-electron chi connectivity index (χ0n) is 19.3. The Morgan fingerprint density at radius 1 is 0.972 bits per heavy atom. The number of methoxy groups -OCH3 is 2. The number of esters is 2. The van der Waals surface area contributed by atoms with E-state index in [1.807, 2.05) is 0 Å². The van der Waals surface area contributed by atoms with Crippen molar-refractivity contribution in [1.82, 2.24) is 4.57 Å². The second kappa shape index (κ2) is 9.67. The number of carbonyl (C=O) groups excluding carboxylic acids is 5. The number of Topliss-reactive ketones (excluding diaryl/α,β-unsaturated/α-hetero) is 1. The summed E-state index contributed by atoms with van der Waals surface area (Å²) in [5, 5.41) is 0.0925. The maximum atomic E-state index is 13.8. The topological polar surface area (TPSA) is 121 Å². The average molecular weight is 511 g/mol. The van der Waals surface area contributed by atoms with E-state index in [4.69, 9.17) is 25.8 Å². The third-order valence-electron chi connectivity index (χ3n) is 5.49. The number of halogens is 1. The molecule has 0 aliphatic carbocycles. The fourth-order valence-corrected chi connectivity index (χ4v) is 4.03. The van der Waals surface area contributed by atoms with Crippen LogP contribution in [-0.2, 0) is 19.0 Å². The summed E-state index contributed by atoms with van der Waals surface area (Å²) in [6, 6.07) is 13.0. The van der Waals surface area contributed by atoms with Crippen LogP contribution in [0, 0.1) is 6.92 Å². The van der Waals surface area contributed by atoms with E-state index in [0.29, 0.717) is 16.2 Å². The molecular formula is C25H19ClN2O8. The van der Waals surface area contributed by atoms with Crippen LogP contribution in [0.1, 0.15) is 36.8 Å². The molecule has 1 unspecified atom stereocenters. The van der Waals surface area contributed by atoms with E-state index in [-0.39, 0.29) is 16.3 Å². The number of amides is 2. The lowest BCUT2D eigenvalue weighted by Gasteiger charge is -2.14. The number of rotatable bonds is 6. The first kappa shape index (κ1) is 24.7. The molecule has 0 bridgehead atoms. The Labute approximate surface area is 209 Å². The van der Waals surface area contributed by atoms with Crippen molar-refractivity contribution in [3.8, 4) is 5.69 Å². The lowest BCUT2D eigenvalue weighted by atomic mass is 10.0. The van der Waals surface area contributed by atoms with Gasteiger partial charge in [-0.15, -0.1) is 0 Å². The summed E-state index contributed by atoms with van der Waals surface area (Å²) in [5.74, 6) is -3.99. The standard InChI is InChI=1S/C25H19ClN2O8/c1-13-9-10-16(26)17(11-13)28-22(30)21(36-25(28)33)20(29)19-18(24(32)35-3)15(23(31)34-2)12-27(19)14-7-5-4-6-8-14/h4-12,21H,1-3H3. The van der Waals surface area contributed by atoms with Gasteiger partial charge in [0.05, 0.1) is 30.5 Å². The highest BCUT2D eigenvalue weighted by molar-refractivity contribution is 6.37. The second-order valence-corrected chi connectivity index (χ2v) is 8.12. The largest absolute Gasteiger partial charge is 0.465 e. The molecule has 3 aromatic rings. The van der Waals surface area contributed by atoms with E-state index >= 15 is 0 Å². The molecule has 2 aromatic carbocycles. The number of ketones is 1. The Kier molecular flexibility index (Phi) is 6.63. The van der Waals surface area contributed by atoms with E-state index in [1.165, 1.54) is 22.9 Å². The van der Waals surface area contributed by atoms with Crippen LogP contribution in [0.3, 0.4) is 0 Å². The number of carbonyl (C=O) groups is 5. The molecule has 2 heterocycles. The monoisotopic (exact) mass is 510 g/mol. The van der Waals surface area contributed by atoms with Gasteiger partial charge in [-0.3, -0.25) is 9.59 Å². The van der Waals surface area contributed by atoms with Gasteiger partial charge in [0.25, 0.3) is 5.91 Å². The molecule has 1 fully saturated rings. The van der Waals surface area contributed by atoms with Crippen molar-refractivity contribution in [3.05, 3.63) is 82.1 Å². The zero-order valence-corrected chi connectivity index (χ0v) is 20.1. The van der Waals surface area contributed by atoms with Gasteiger partial charge in [-0.2, -0.15) is 0 Å². The predicted molar refractivity (Wildman–Crippen MR) is 127 cm³/mol. The van der Waals surface area contributed by atoms with Gasteiger partial charge in [0, 0.05) is 11.9 Å². The highest BCUT2D eigenvalue weighted by Crippen LogP contribution is 2.33.